The van der Waals surface area contributed by atoms with Gasteiger partial charge >= 0.3 is 25.8 Å². The molecule has 0 spiro atoms. The maximum Gasteiger partial charge on any atom is 4.00 e. The molecule has 42 heavy (non-hydrogen) atoms. The van der Waals surface area contributed by atoms with Crippen LogP contribution in [0.25, 0.3) is 43.8 Å². The summed E-state index contributed by atoms with van der Waals surface area (Å²) in [6, 6.07) is 40.0. The molecule has 0 unspecified atom stereocenters. The molecule has 0 nitrogen and oxygen atoms in total. The molecule has 3 heteroatoms. The summed E-state index contributed by atoms with van der Waals surface area (Å²) in [5.41, 5.74) is 10.7. The van der Waals surface area contributed by atoms with E-state index in [1.54, 1.807) is 0 Å². The maximum atomic E-state index is 3.38. The standard InChI is InChI=1S/2C18H17.C3H6.2ClH.Hf/c2*1-3-14-7-9-15(10-8-14)17-6-4-5-16-11-13(2)12-18(16)17;1-3-2;;;/h2*4-12H,3H2,1-2H3;1-3H2;2*1H;/q2*-1;-2;;;+4. The monoisotopic (exact) mass is 760 g/mol. The summed E-state index contributed by atoms with van der Waals surface area (Å²) in [5.74, 6) is 0. The molecule has 6 aromatic rings. The van der Waals surface area contributed by atoms with E-state index in [-0.39, 0.29) is 50.7 Å². The smallest absolute Gasteiger partial charge is 0.372 e. The Hall–Kier alpha value is -2.45. The second-order valence-electron chi connectivity index (χ2n) is 10.1. The van der Waals surface area contributed by atoms with E-state index in [2.05, 4.69) is 151 Å². The molecule has 0 aromatic heterocycles. The molecule has 0 aliphatic rings. The fourth-order valence-electron chi connectivity index (χ4n) is 5.11. The molecule has 0 saturated carbocycles. The van der Waals surface area contributed by atoms with Crippen LogP contribution in [0.4, 0.5) is 0 Å². The molecule has 6 rings (SSSR count). The number of benzene rings is 4. The van der Waals surface area contributed by atoms with E-state index in [0.29, 0.717) is 0 Å². The van der Waals surface area contributed by atoms with E-state index in [0.717, 1.165) is 19.3 Å². The summed E-state index contributed by atoms with van der Waals surface area (Å²) in [5, 5.41) is 5.40. The number of aryl methyl sites for hydroxylation is 4. The summed E-state index contributed by atoms with van der Waals surface area (Å²) in [4.78, 5) is 0. The van der Waals surface area contributed by atoms with E-state index >= 15 is 0 Å². The van der Waals surface area contributed by atoms with Gasteiger partial charge in [-0.05, 0) is 35.1 Å². The molecule has 0 bridgehead atoms. The topological polar surface area (TPSA) is 0 Å². The molecule has 0 amide bonds. The van der Waals surface area contributed by atoms with Gasteiger partial charge in [-0.2, -0.15) is 12.1 Å². The van der Waals surface area contributed by atoms with Crippen LogP contribution in [0.3, 0.4) is 0 Å². The first-order valence-corrected chi connectivity index (χ1v) is 14.1. The van der Waals surface area contributed by atoms with Crippen molar-refractivity contribution in [1.82, 2.24) is 0 Å². The number of rotatable bonds is 4. The third kappa shape index (κ3) is 9.27. The van der Waals surface area contributed by atoms with Crippen molar-refractivity contribution in [2.24, 2.45) is 0 Å². The SMILES string of the molecule is CCc1ccc(-c2cccc3[cH-]c(C)cc23)cc1.CCc1ccc(-c2cccc3[cH-]c(C)cc23)cc1.Cl.Cl.[CH2-]C[CH2-].[Hf+4]. The van der Waals surface area contributed by atoms with Crippen LogP contribution < -0.4 is 0 Å². The predicted octanol–water partition coefficient (Wildman–Crippen LogP) is 12.1. The van der Waals surface area contributed by atoms with Gasteiger partial charge in [0.25, 0.3) is 0 Å². The molecule has 0 radical (unpaired) electrons. The van der Waals surface area contributed by atoms with Gasteiger partial charge in [0.2, 0.25) is 0 Å². The van der Waals surface area contributed by atoms with Gasteiger partial charge in [0, 0.05) is 0 Å². The van der Waals surface area contributed by atoms with Crippen molar-refractivity contribution in [3.8, 4) is 22.3 Å². The van der Waals surface area contributed by atoms with E-state index < -0.39 is 0 Å². The second-order valence-corrected chi connectivity index (χ2v) is 10.1. The zero-order chi connectivity index (χ0) is 27.8. The fourth-order valence-corrected chi connectivity index (χ4v) is 5.11. The summed E-state index contributed by atoms with van der Waals surface area (Å²) < 4.78 is 0. The van der Waals surface area contributed by atoms with Crippen LogP contribution in [0.15, 0.2) is 109 Å². The van der Waals surface area contributed by atoms with Gasteiger partial charge in [-0.15, -0.1) is 93.9 Å². The molecule has 0 aliphatic carbocycles. The zero-order valence-corrected chi connectivity index (χ0v) is 30.5. The first kappa shape index (κ1) is 37.6. The van der Waals surface area contributed by atoms with Crippen LogP contribution in [0.2, 0.25) is 0 Å². The molecular formula is C39H42Cl2Hf. The van der Waals surface area contributed by atoms with Gasteiger partial charge in [0.05, 0.1) is 0 Å². The van der Waals surface area contributed by atoms with Gasteiger partial charge < -0.3 is 20.3 Å². The van der Waals surface area contributed by atoms with E-state index in [9.17, 15) is 0 Å². The minimum atomic E-state index is 0. The number of halogens is 2. The largest absolute Gasteiger partial charge is 4.00 e. The predicted molar refractivity (Wildman–Crippen MR) is 188 cm³/mol. The Morgan fingerprint density at radius 2 is 0.881 bits per heavy atom. The van der Waals surface area contributed by atoms with Crippen molar-refractivity contribution in [3.63, 3.8) is 0 Å². The maximum absolute atomic E-state index is 3.38. The molecular weight excluding hydrogens is 718 g/mol. The van der Waals surface area contributed by atoms with Crippen molar-refractivity contribution in [1.29, 1.82) is 0 Å². The van der Waals surface area contributed by atoms with Crippen LogP contribution in [-0.4, -0.2) is 0 Å². The summed E-state index contributed by atoms with van der Waals surface area (Å²) in [7, 11) is 0. The van der Waals surface area contributed by atoms with Gasteiger partial charge in [0.15, 0.2) is 0 Å². The van der Waals surface area contributed by atoms with Crippen molar-refractivity contribution >= 4 is 46.4 Å². The minimum Gasteiger partial charge on any atom is -0.372 e. The molecule has 0 N–H and O–H groups in total. The van der Waals surface area contributed by atoms with Gasteiger partial charge in [-0.25, -0.2) is 0 Å². The van der Waals surface area contributed by atoms with Crippen LogP contribution in [0.1, 0.15) is 42.5 Å². The fraction of sp³-hybridized carbons (Fsp3) is 0.179. The van der Waals surface area contributed by atoms with Crippen molar-refractivity contribution in [2.75, 3.05) is 0 Å². The third-order valence-corrected chi connectivity index (χ3v) is 7.14. The molecule has 216 valence electrons. The van der Waals surface area contributed by atoms with Crippen LogP contribution in [-0.2, 0) is 38.7 Å². The Morgan fingerprint density at radius 1 is 0.548 bits per heavy atom. The second kappa shape index (κ2) is 18.3. The van der Waals surface area contributed by atoms with E-state index in [1.165, 1.54) is 66.1 Å². The average molecular weight is 760 g/mol. The molecule has 0 atom stereocenters. The zero-order valence-electron chi connectivity index (χ0n) is 25.2. The molecule has 0 saturated heterocycles. The van der Waals surface area contributed by atoms with Gasteiger partial charge in [-0.3, -0.25) is 0 Å². The van der Waals surface area contributed by atoms with E-state index in [4.69, 9.17) is 0 Å². The summed E-state index contributed by atoms with van der Waals surface area (Å²) in [6.07, 6.45) is 2.94. The minimum absolute atomic E-state index is 0. The summed E-state index contributed by atoms with van der Waals surface area (Å²) in [6.45, 7) is 15.4. The molecule has 0 aliphatic heterocycles. The Balaban J connectivity index is 0.000000361. The van der Waals surface area contributed by atoms with Crippen LogP contribution in [0, 0.1) is 27.7 Å². The van der Waals surface area contributed by atoms with E-state index in [1.807, 2.05) is 0 Å². The first-order valence-electron chi connectivity index (χ1n) is 14.1. The molecule has 0 fully saturated rings. The van der Waals surface area contributed by atoms with Crippen molar-refractivity contribution < 1.29 is 25.8 Å². The average Bonchev–Trinajstić information content (AvgIpc) is 3.54. The first-order chi connectivity index (χ1) is 19.0. The quantitative estimate of drug-likeness (QED) is 0.124. The Kier molecular flexibility index (Phi) is 16.3. The van der Waals surface area contributed by atoms with Crippen molar-refractivity contribution in [2.45, 2.75) is 47.0 Å². The Bertz CT molecular complexity index is 1500. The molecule has 0 heterocycles. The van der Waals surface area contributed by atoms with Gasteiger partial charge in [-0.1, -0.05) is 99.5 Å². The Morgan fingerprint density at radius 3 is 1.19 bits per heavy atom. The Labute approximate surface area is 284 Å². The van der Waals surface area contributed by atoms with Crippen LogP contribution in [0.5, 0.6) is 0 Å². The number of fused-ring (bicyclic) bond motifs is 2. The third-order valence-electron chi connectivity index (χ3n) is 7.14. The number of hydrogen-bond acceptors (Lipinski definition) is 0. The number of hydrogen-bond donors (Lipinski definition) is 0. The molecule has 6 aromatic carbocycles. The normalized spacial score (nSPS) is 9.86. The van der Waals surface area contributed by atoms with Gasteiger partial charge in [0.1, 0.15) is 0 Å². The van der Waals surface area contributed by atoms with Crippen molar-refractivity contribution in [3.05, 3.63) is 145 Å². The summed E-state index contributed by atoms with van der Waals surface area (Å²) >= 11 is 0. The van der Waals surface area contributed by atoms with Crippen LogP contribution >= 0.6 is 24.8 Å².